The molecule has 0 unspecified atom stereocenters. The molecule has 0 bridgehead atoms. The minimum absolute atomic E-state index is 0. The highest BCUT2D eigenvalue weighted by Crippen LogP contribution is 2.18. The van der Waals surface area contributed by atoms with Crippen molar-refractivity contribution in [2.75, 3.05) is 13.1 Å². The number of hydrogen-bond acceptors (Lipinski definition) is 4. The van der Waals surface area contributed by atoms with Crippen LogP contribution < -0.4 is 15.4 Å². The Morgan fingerprint density at radius 3 is 2.40 bits per heavy atom. The minimum atomic E-state index is -3.63. The Kier molecular flexibility index (Phi) is 10.7. The molecule has 0 spiro atoms. The van der Waals surface area contributed by atoms with Gasteiger partial charge in [0.05, 0.1) is 11.4 Å². The molecule has 0 aliphatic carbocycles. The normalized spacial score (nSPS) is 12.2. The van der Waals surface area contributed by atoms with Crippen LogP contribution in [-0.2, 0) is 23.0 Å². The number of halogens is 1. The summed E-state index contributed by atoms with van der Waals surface area (Å²) in [6.07, 6.45) is 2.54. The molecule has 0 atom stereocenters. The van der Waals surface area contributed by atoms with Crippen LogP contribution >= 0.6 is 24.0 Å². The van der Waals surface area contributed by atoms with E-state index < -0.39 is 15.6 Å². The van der Waals surface area contributed by atoms with E-state index in [0.29, 0.717) is 24.6 Å². The summed E-state index contributed by atoms with van der Waals surface area (Å²) in [5, 5.41) is 6.46. The van der Waals surface area contributed by atoms with E-state index in [-0.39, 0.29) is 35.4 Å². The highest BCUT2D eigenvalue weighted by atomic mass is 127. The Labute approximate surface area is 197 Å². The van der Waals surface area contributed by atoms with Gasteiger partial charge in [0.25, 0.3) is 0 Å². The zero-order valence-corrected chi connectivity index (χ0v) is 21.1. The zero-order chi connectivity index (χ0) is 21.3. The lowest BCUT2D eigenvalue weighted by Gasteiger charge is -2.21. The summed E-state index contributed by atoms with van der Waals surface area (Å²) in [6, 6.07) is 12.8. The first-order valence-electron chi connectivity index (χ1n) is 9.75. The molecule has 3 N–H and O–H groups in total. The number of benzene rings is 1. The third-order valence-corrected chi connectivity index (χ3v) is 5.71. The molecule has 0 radical (unpaired) electrons. The van der Waals surface area contributed by atoms with Crippen molar-refractivity contribution in [2.45, 2.75) is 51.1 Å². The van der Waals surface area contributed by atoms with E-state index in [9.17, 15) is 8.42 Å². The molecule has 2 rings (SSSR count). The maximum Gasteiger partial charge on any atom is 0.241 e. The van der Waals surface area contributed by atoms with Crippen molar-refractivity contribution in [1.82, 2.24) is 20.3 Å². The number of hydrogen-bond donors (Lipinski definition) is 3. The van der Waals surface area contributed by atoms with Crippen molar-refractivity contribution in [3.8, 4) is 0 Å². The maximum atomic E-state index is 12.8. The number of guanidine groups is 1. The molecule has 2 aromatic rings. The Morgan fingerprint density at radius 2 is 1.77 bits per heavy atom. The van der Waals surface area contributed by atoms with Crippen LogP contribution in [0.25, 0.3) is 0 Å². The van der Waals surface area contributed by atoms with Gasteiger partial charge in [0, 0.05) is 36.9 Å². The summed E-state index contributed by atoms with van der Waals surface area (Å²) in [6.45, 7) is 9.08. The largest absolute Gasteiger partial charge is 0.357 e. The predicted molar refractivity (Wildman–Crippen MR) is 133 cm³/mol. The van der Waals surface area contributed by atoms with Gasteiger partial charge in [-0.3, -0.25) is 4.98 Å². The van der Waals surface area contributed by atoms with Crippen LogP contribution in [0.3, 0.4) is 0 Å². The lowest BCUT2D eigenvalue weighted by Crippen LogP contribution is -2.41. The Hall–Kier alpha value is -1.72. The summed E-state index contributed by atoms with van der Waals surface area (Å²) in [5.74, 6) is 0.638. The first-order valence-corrected chi connectivity index (χ1v) is 11.2. The molecule has 0 saturated heterocycles. The van der Waals surface area contributed by atoms with Gasteiger partial charge in [-0.2, -0.15) is 0 Å². The fourth-order valence-electron chi connectivity index (χ4n) is 2.72. The van der Waals surface area contributed by atoms with Gasteiger partial charge in [0.2, 0.25) is 10.0 Å². The van der Waals surface area contributed by atoms with E-state index in [2.05, 4.69) is 25.3 Å². The van der Waals surface area contributed by atoms with Gasteiger partial charge in [-0.15, -0.1) is 24.0 Å². The van der Waals surface area contributed by atoms with Crippen molar-refractivity contribution in [3.63, 3.8) is 0 Å². The van der Waals surface area contributed by atoms with Gasteiger partial charge in [-0.25, -0.2) is 18.1 Å². The van der Waals surface area contributed by atoms with Crippen LogP contribution in [0.15, 0.2) is 58.5 Å². The third kappa shape index (κ3) is 8.97. The standard InChI is InChI=1S/C21H31N5O2S.HI/c1-5-22-20(24-15-13-18-11-8-9-14-23-18)25-16-17-10-6-7-12-19(17)29(27,28)26-21(2,3)4;/h6-12,14,26H,5,13,15-16H2,1-4H3,(H2,22,24,25);1H. The lowest BCUT2D eigenvalue weighted by atomic mass is 10.1. The van der Waals surface area contributed by atoms with Crippen LogP contribution in [0, 0.1) is 0 Å². The van der Waals surface area contributed by atoms with E-state index in [1.165, 1.54) is 0 Å². The summed E-state index contributed by atoms with van der Waals surface area (Å²) in [7, 11) is -3.63. The monoisotopic (exact) mass is 545 g/mol. The lowest BCUT2D eigenvalue weighted by molar-refractivity contribution is 0.491. The Bertz CT molecular complexity index is 912. The van der Waals surface area contributed by atoms with Crippen molar-refractivity contribution < 1.29 is 8.42 Å². The van der Waals surface area contributed by atoms with Crippen molar-refractivity contribution in [1.29, 1.82) is 0 Å². The number of rotatable bonds is 8. The molecule has 166 valence electrons. The molecule has 30 heavy (non-hydrogen) atoms. The molecule has 1 aromatic heterocycles. The smallest absolute Gasteiger partial charge is 0.241 e. The molecule has 7 nitrogen and oxygen atoms in total. The first-order chi connectivity index (χ1) is 13.7. The fraction of sp³-hybridized carbons (Fsp3) is 0.429. The summed E-state index contributed by atoms with van der Waals surface area (Å²) in [4.78, 5) is 9.13. The second kappa shape index (κ2) is 12.2. The molecule has 1 heterocycles. The average Bonchev–Trinajstić information content (AvgIpc) is 2.65. The van der Waals surface area contributed by atoms with E-state index in [4.69, 9.17) is 0 Å². The molecular formula is C21H32IN5O2S. The molecule has 0 amide bonds. The number of aliphatic imine (C=N–C) groups is 1. The van der Waals surface area contributed by atoms with E-state index in [1.807, 2.05) is 52.0 Å². The highest BCUT2D eigenvalue weighted by Gasteiger charge is 2.24. The number of nitrogens with one attached hydrogen (secondary N) is 3. The van der Waals surface area contributed by atoms with Crippen molar-refractivity contribution in [2.24, 2.45) is 4.99 Å². The van der Waals surface area contributed by atoms with E-state index in [0.717, 1.165) is 12.1 Å². The fourth-order valence-corrected chi connectivity index (χ4v) is 4.37. The predicted octanol–water partition coefficient (Wildman–Crippen LogP) is 3.07. The Morgan fingerprint density at radius 1 is 1.07 bits per heavy atom. The van der Waals surface area contributed by atoms with Gasteiger partial charge in [-0.1, -0.05) is 24.3 Å². The average molecular weight is 545 g/mol. The SMILES string of the molecule is CCNC(=NCc1ccccc1S(=O)(=O)NC(C)(C)C)NCCc1ccccn1.I. The van der Waals surface area contributed by atoms with Crippen LogP contribution in [0.4, 0.5) is 0 Å². The molecule has 0 saturated carbocycles. The van der Waals surface area contributed by atoms with Crippen LogP contribution in [-0.4, -0.2) is 38.0 Å². The van der Waals surface area contributed by atoms with Crippen molar-refractivity contribution >= 4 is 40.0 Å². The highest BCUT2D eigenvalue weighted by molar-refractivity contribution is 14.0. The molecule has 0 aliphatic rings. The molecular weight excluding hydrogens is 513 g/mol. The first kappa shape index (κ1) is 26.3. The van der Waals surface area contributed by atoms with Gasteiger partial charge < -0.3 is 10.6 Å². The van der Waals surface area contributed by atoms with Gasteiger partial charge >= 0.3 is 0 Å². The summed E-state index contributed by atoms with van der Waals surface area (Å²) < 4.78 is 28.2. The Balaban J connectivity index is 0.00000450. The molecule has 9 heteroatoms. The number of nitrogens with zero attached hydrogens (tertiary/aromatic N) is 2. The van der Waals surface area contributed by atoms with Gasteiger partial charge in [0.15, 0.2) is 5.96 Å². The molecule has 0 fully saturated rings. The topological polar surface area (TPSA) is 95.5 Å². The van der Waals surface area contributed by atoms with Gasteiger partial charge in [-0.05, 0) is 51.5 Å². The number of pyridine rings is 1. The second-order valence-corrected chi connectivity index (χ2v) is 9.31. The van der Waals surface area contributed by atoms with Crippen LogP contribution in [0.5, 0.6) is 0 Å². The summed E-state index contributed by atoms with van der Waals surface area (Å²) in [5.41, 5.74) is 1.09. The summed E-state index contributed by atoms with van der Waals surface area (Å²) >= 11 is 0. The molecule has 0 aliphatic heterocycles. The second-order valence-electron chi connectivity index (χ2n) is 7.66. The molecule has 1 aromatic carbocycles. The zero-order valence-electron chi connectivity index (χ0n) is 18.0. The number of sulfonamides is 1. The van der Waals surface area contributed by atoms with Crippen LogP contribution in [0.2, 0.25) is 0 Å². The number of aromatic nitrogens is 1. The van der Waals surface area contributed by atoms with Crippen LogP contribution in [0.1, 0.15) is 39.0 Å². The minimum Gasteiger partial charge on any atom is -0.357 e. The van der Waals surface area contributed by atoms with E-state index in [1.54, 1.807) is 24.4 Å². The van der Waals surface area contributed by atoms with Crippen molar-refractivity contribution in [3.05, 3.63) is 59.9 Å². The van der Waals surface area contributed by atoms with Gasteiger partial charge in [0.1, 0.15) is 0 Å². The quantitative estimate of drug-likeness (QED) is 0.269. The maximum absolute atomic E-state index is 12.8. The third-order valence-electron chi connectivity index (χ3n) is 3.85. The van der Waals surface area contributed by atoms with E-state index >= 15 is 0 Å².